The van der Waals surface area contributed by atoms with E-state index in [-0.39, 0.29) is 5.69 Å². The van der Waals surface area contributed by atoms with Crippen LogP contribution in [-0.4, -0.2) is 27.8 Å². The lowest BCUT2D eigenvalue weighted by Gasteiger charge is -2.13. The lowest BCUT2D eigenvalue weighted by molar-refractivity contribution is -0.148. The third-order valence-corrected chi connectivity index (χ3v) is 5.12. The lowest BCUT2D eigenvalue weighted by Crippen LogP contribution is -2.29. The molecule has 8 heteroatoms. The molecule has 0 aliphatic carbocycles. The molecule has 1 atom stereocenters. The SMILES string of the molecule is Cc1ccc(Cn2nc(C)c(/C=C/C(=O)OC(C)C(=O)Nc3cc(F)ccc3F)c2C)cc1. The molecule has 0 spiro atoms. The first kappa shape index (κ1) is 23.8. The van der Waals surface area contributed by atoms with Gasteiger partial charge in [-0.05, 0) is 51.5 Å². The number of anilines is 1. The largest absolute Gasteiger partial charge is 0.449 e. The van der Waals surface area contributed by atoms with E-state index in [1.807, 2.05) is 49.7 Å². The predicted molar refractivity (Wildman–Crippen MR) is 122 cm³/mol. The van der Waals surface area contributed by atoms with Gasteiger partial charge in [0.05, 0.1) is 17.9 Å². The second-order valence-corrected chi connectivity index (χ2v) is 7.75. The number of benzene rings is 2. The average molecular weight is 453 g/mol. The topological polar surface area (TPSA) is 73.2 Å². The van der Waals surface area contributed by atoms with Gasteiger partial charge in [0.15, 0.2) is 6.10 Å². The molecule has 1 unspecified atom stereocenters. The highest BCUT2D eigenvalue weighted by atomic mass is 19.1. The second-order valence-electron chi connectivity index (χ2n) is 7.75. The monoisotopic (exact) mass is 453 g/mol. The van der Waals surface area contributed by atoms with E-state index in [1.165, 1.54) is 18.6 Å². The van der Waals surface area contributed by atoms with Gasteiger partial charge in [0, 0.05) is 23.4 Å². The molecule has 1 N–H and O–H groups in total. The van der Waals surface area contributed by atoms with Crippen LogP contribution in [0.15, 0.2) is 48.5 Å². The van der Waals surface area contributed by atoms with Crippen molar-refractivity contribution in [3.63, 3.8) is 0 Å². The van der Waals surface area contributed by atoms with Crippen molar-refractivity contribution in [3.05, 3.63) is 88.3 Å². The second kappa shape index (κ2) is 10.2. The highest BCUT2D eigenvalue weighted by Crippen LogP contribution is 2.18. The van der Waals surface area contributed by atoms with Crippen LogP contribution in [0.3, 0.4) is 0 Å². The maximum absolute atomic E-state index is 13.7. The van der Waals surface area contributed by atoms with Crippen molar-refractivity contribution in [2.24, 2.45) is 0 Å². The van der Waals surface area contributed by atoms with E-state index in [2.05, 4.69) is 10.4 Å². The summed E-state index contributed by atoms with van der Waals surface area (Å²) in [5.74, 6) is -3.02. The number of hydrogen-bond donors (Lipinski definition) is 1. The van der Waals surface area contributed by atoms with E-state index in [0.717, 1.165) is 40.7 Å². The first-order valence-corrected chi connectivity index (χ1v) is 10.4. The Kier molecular flexibility index (Phi) is 7.37. The third-order valence-electron chi connectivity index (χ3n) is 5.12. The highest BCUT2D eigenvalue weighted by molar-refractivity contribution is 5.96. The van der Waals surface area contributed by atoms with Crippen LogP contribution in [0.2, 0.25) is 0 Å². The van der Waals surface area contributed by atoms with Crippen LogP contribution in [0.4, 0.5) is 14.5 Å². The van der Waals surface area contributed by atoms with E-state index in [9.17, 15) is 18.4 Å². The van der Waals surface area contributed by atoms with Gasteiger partial charge >= 0.3 is 5.97 Å². The molecule has 0 radical (unpaired) electrons. The molecule has 0 aliphatic rings. The molecule has 0 saturated carbocycles. The summed E-state index contributed by atoms with van der Waals surface area (Å²) in [6.45, 7) is 7.71. The Labute approximate surface area is 190 Å². The van der Waals surface area contributed by atoms with Crippen molar-refractivity contribution < 1.29 is 23.1 Å². The molecule has 0 bridgehead atoms. The number of carbonyl (C=O) groups is 2. The predicted octanol–water partition coefficient (Wildman–Crippen LogP) is 4.72. The van der Waals surface area contributed by atoms with Crippen molar-refractivity contribution >= 4 is 23.6 Å². The first-order valence-electron chi connectivity index (χ1n) is 10.4. The minimum absolute atomic E-state index is 0.328. The molecular weight excluding hydrogens is 428 g/mol. The fraction of sp³-hybridized carbons (Fsp3) is 0.240. The van der Waals surface area contributed by atoms with Crippen LogP contribution in [0.1, 0.15) is 35.0 Å². The van der Waals surface area contributed by atoms with Crippen LogP contribution in [0.25, 0.3) is 6.08 Å². The summed E-state index contributed by atoms with van der Waals surface area (Å²) in [6.07, 6.45) is 1.58. The zero-order valence-corrected chi connectivity index (χ0v) is 18.9. The van der Waals surface area contributed by atoms with E-state index < -0.39 is 29.6 Å². The standard InChI is InChI=1S/C25H25F2N3O3/c1-15-5-7-19(8-6-15)14-30-17(3)21(16(2)29-30)10-12-24(31)33-18(4)25(32)28-23-13-20(26)9-11-22(23)27/h5-13,18H,14H2,1-4H3,(H,28,32)/b12-10+. The summed E-state index contributed by atoms with van der Waals surface area (Å²) in [7, 11) is 0. The number of halogens is 2. The van der Waals surface area contributed by atoms with Crippen molar-refractivity contribution in [3.8, 4) is 0 Å². The Morgan fingerprint density at radius 2 is 1.82 bits per heavy atom. The van der Waals surface area contributed by atoms with E-state index in [4.69, 9.17) is 4.74 Å². The van der Waals surface area contributed by atoms with Crippen LogP contribution in [-0.2, 0) is 20.9 Å². The average Bonchev–Trinajstić information content (AvgIpc) is 3.03. The number of ether oxygens (including phenoxy) is 1. The number of hydrogen-bond acceptors (Lipinski definition) is 4. The summed E-state index contributed by atoms with van der Waals surface area (Å²) in [6, 6.07) is 10.8. The molecule has 0 fully saturated rings. The zero-order chi connectivity index (χ0) is 24.1. The zero-order valence-electron chi connectivity index (χ0n) is 18.9. The van der Waals surface area contributed by atoms with E-state index in [0.29, 0.717) is 6.54 Å². The van der Waals surface area contributed by atoms with E-state index in [1.54, 1.807) is 6.08 Å². The molecule has 1 heterocycles. The van der Waals surface area contributed by atoms with Gasteiger partial charge in [0.1, 0.15) is 11.6 Å². The number of aromatic nitrogens is 2. The molecule has 0 saturated heterocycles. The fourth-order valence-corrected chi connectivity index (χ4v) is 3.22. The Bertz CT molecular complexity index is 1200. The van der Waals surface area contributed by atoms with Gasteiger partial charge < -0.3 is 10.1 Å². The van der Waals surface area contributed by atoms with Crippen LogP contribution in [0, 0.1) is 32.4 Å². The maximum atomic E-state index is 13.7. The summed E-state index contributed by atoms with van der Waals surface area (Å²) in [4.78, 5) is 24.4. The minimum atomic E-state index is -1.21. The summed E-state index contributed by atoms with van der Waals surface area (Å²) < 4.78 is 33.9. The lowest BCUT2D eigenvalue weighted by atomic mass is 10.1. The Morgan fingerprint density at radius 1 is 1.12 bits per heavy atom. The van der Waals surface area contributed by atoms with Crippen LogP contribution >= 0.6 is 0 Å². The number of rotatable bonds is 7. The van der Waals surface area contributed by atoms with Crippen molar-refractivity contribution in [1.29, 1.82) is 0 Å². The van der Waals surface area contributed by atoms with Crippen LogP contribution < -0.4 is 5.32 Å². The number of amides is 1. The van der Waals surface area contributed by atoms with Gasteiger partial charge in [-0.15, -0.1) is 0 Å². The number of esters is 1. The summed E-state index contributed by atoms with van der Waals surface area (Å²) in [5.41, 5.74) is 4.36. The van der Waals surface area contributed by atoms with E-state index >= 15 is 0 Å². The molecule has 0 aliphatic heterocycles. The molecule has 172 valence electrons. The fourth-order valence-electron chi connectivity index (χ4n) is 3.22. The first-order chi connectivity index (χ1) is 15.6. The number of carbonyl (C=O) groups excluding carboxylic acids is 2. The summed E-state index contributed by atoms with van der Waals surface area (Å²) in [5, 5.41) is 6.75. The maximum Gasteiger partial charge on any atom is 0.331 e. The van der Waals surface area contributed by atoms with Gasteiger partial charge in [-0.25, -0.2) is 13.6 Å². The quantitative estimate of drug-likeness (QED) is 0.415. The van der Waals surface area contributed by atoms with Gasteiger partial charge in [-0.2, -0.15) is 5.10 Å². The van der Waals surface area contributed by atoms with Crippen molar-refractivity contribution in [1.82, 2.24) is 9.78 Å². The van der Waals surface area contributed by atoms with Gasteiger partial charge in [-0.1, -0.05) is 29.8 Å². The smallest absolute Gasteiger partial charge is 0.331 e. The molecule has 3 aromatic rings. The normalized spacial score (nSPS) is 12.1. The molecule has 33 heavy (non-hydrogen) atoms. The number of nitrogens with one attached hydrogen (secondary N) is 1. The third kappa shape index (κ3) is 6.12. The molecular formula is C25H25F2N3O3. The molecule has 6 nitrogen and oxygen atoms in total. The number of aryl methyl sites for hydroxylation is 2. The Morgan fingerprint density at radius 3 is 2.52 bits per heavy atom. The summed E-state index contributed by atoms with van der Waals surface area (Å²) >= 11 is 0. The Hall–Kier alpha value is -3.81. The molecule has 2 aromatic carbocycles. The Balaban J connectivity index is 1.62. The molecule has 1 aromatic heterocycles. The van der Waals surface area contributed by atoms with Crippen LogP contribution in [0.5, 0.6) is 0 Å². The van der Waals surface area contributed by atoms with Gasteiger partial charge in [-0.3, -0.25) is 9.48 Å². The highest BCUT2D eigenvalue weighted by Gasteiger charge is 2.19. The number of nitrogens with zero attached hydrogens (tertiary/aromatic N) is 2. The van der Waals surface area contributed by atoms with Crippen molar-refractivity contribution in [2.75, 3.05) is 5.32 Å². The van der Waals surface area contributed by atoms with Crippen molar-refractivity contribution in [2.45, 2.75) is 40.3 Å². The van der Waals surface area contributed by atoms with Gasteiger partial charge in [0.2, 0.25) is 0 Å². The molecule has 1 amide bonds. The minimum Gasteiger partial charge on any atom is -0.449 e. The molecule has 3 rings (SSSR count). The van der Waals surface area contributed by atoms with Gasteiger partial charge in [0.25, 0.3) is 5.91 Å².